The van der Waals surface area contributed by atoms with Crippen LogP contribution >= 0.6 is 11.6 Å². The average molecular weight is 287 g/mol. The van der Waals surface area contributed by atoms with Gasteiger partial charge in [0.1, 0.15) is 11.9 Å². The van der Waals surface area contributed by atoms with Gasteiger partial charge in [0.25, 0.3) is 0 Å². The number of nitrogens with zero attached hydrogens (tertiary/aromatic N) is 1. The molecule has 0 unspecified atom stereocenters. The number of halogens is 2. The Labute approximate surface area is 122 Å². The van der Waals surface area contributed by atoms with Crippen LogP contribution in [0.3, 0.4) is 0 Å². The molecule has 4 heteroatoms. The Bertz CT molecular complexity index is 684. The van der Waals surface area contributed by atoms with Crippen LogP contribution < -0.4 is 5.32 Å². The monoisotopic (exact) mass is 286 g/mol. The Hall–Kier alpha value is -2.31. The summed E-state index contributed by atoms with van der Waals surface area (Å²) in [6, 6.07) is 15.2. The van der Waals surface area contributed by atoms with Gasteiger partial charge in [-0.15, -0.1) is 0 Å². The van der Waals surface area contributed by atoms with Crippen LogP contribution in [-0.4, -0.2) is 0 Å². The molecule has 0 bridgehead atoms. The second-order valence-electron chi connectivity index (χ2n) is 4.22. The number of nitrogens with one attached hydrogen (secondary N) is 1. The first-order valence-electron chi connectivity index (χ1n) is 6.00. The standard InChI is InChI=1S/C16H12ClFN2/c1-11(20-16-5-3-2-4-15(16)17)14(10-19)12-6-8-13(18)9-7-12/h2-9,20H,1H3/b14-11+. The molecule has 0 aliphatic rings. The Kier molecular flexibility index (Phi) is 4.39. The van der Waals surface area contributed by atoms with Crippen molar-refractivity contribution in [2.75, 3.05) is 5.32 Å². The van der Waals surface area contributed by atoms with Gasteiger partial charge in [-0.25, -0.2) is 4.39 Å². The maximum atomic E-state index is 12.9. The van der Waals surface area contributed by atoms with Gasteiger partial charge in [-0.2, -0.15) is 5.26 Å². The van der Waals surface area contributed by atoms with Gasteiger partial charge in [0, 0.05) is 5.70 Å². The van der Waals surface area contributed by atoms with Gasteiger partial charge in [-0.3, -0.25) is 0 Å². The van der Waals surface area contributed by atoms with Gasteiger partial charge < -0.3 is 5.32 Å². The Morgan fingerprint density at radius 2 is 1.80 bits per heavy atom. The minimum absolute atomic E-state index is 0.331. The van der Waals surface area contributed by atoms with E-state index in [1.165, 1.54) is 12.1 Å². The zero-order valence-electron chi connectivity index (χ0n) is 10.8. The lowest BCUT2D eigenvalue weighted by Crippen LogP contribution is -2.00. The second kappa shape index (κ2) is 6.23. The molecule has 2 nitrogen and oxygen atoms in total. The lowest BCUT2D eigenvalue weighted by atomic mass is 10.1. The van der Waals surface area contributed by atoms with Crippen molar-refractivity contribution in [2.45, 2.75) is 6.92 Å². The van der Waals surface area contributed by atoms with Crippen molar-refractivity contribution in [1.29, 1.82) is 5.26 Å². The van der Waals surface area contributed by atoms with Crippen LogP contribution in [0, 0.1) is 17.1 Å². The van der Waals surface area contributed by atoms with E-state index in [4.69, 9.17) is 11.6 Å². The van der Waals surface area contributed by atoms with Gasteiger partial charge in [-0.1, -0.05) is 35.9 Å². The topological polar surface area (TPSA) is 35.8 Å². The largest absolute Gasteiger partial charge is 0.357 e. The lowest BCUT2D eigenvalue weighted by Gasteiger charge is -2.11. The minimum atomic E-state index is -0.331. The predicted molar refractivity (Wildman–Crippen MR) is 79.7 cm³/mol. The molecule has 20 heavy (non-hydrogen) atoms. The summed E-state index contributed by atoms with van der Waals surface area (Å²) in [5.74, 6) is -0.331. The summed E-state index contributed by atoms with van der Waals surface area (Å²) in [4.78, 5) is 0. The Morgan fingerprint density at radius 1 is 1.15 bits per heavy atom. The highest BCUT2D eigenvalue weighted by Gasteiger charge is 2.07. The van der Waals surface area contributed by atoms with Gasteiger partial charge in [0.2, 0.25) is 0 Å². The molecule has 0 aliphatic carbocycles. The smallest absolute Gasteiger partial charge is 0.123 e. The van der Waals surface area contributed by atoms with Crippen molar-refractivity contribution in [2.24, 2.45) is 0 Å². The SMILES string of the molecule is C/C(Nc1ccccc1Cl)=C(/C#N)c1ccc(F)cc1. The van der Waals surface area contributed by atoms with E-state index in [0.717, 1.165) is 5.69 Å². The molecule has 0 radical (unpaired) electrons. The summed E-state index contributed by atoms with van der Waals surface area (Å²) >= 11 is 6.07. The average Bonchev–Trinajstić information content (AvgIpc) is 2.44. The van der Waals surface area contributed by atoms with Crippen molar-refractivity contribution in [3.05, 3.63) is 70.6 Å². The van der Waals surface area contributed by atoms with E-state index in [0.29, 0.717) is 21.9 Å². The molecule has 2 aromatic rings. The summed E-state index contributed by atoms with van der Waals surface area (Å²) in [7, 11) is 0. The Morgan fingerprint density at radius 3 is 2.40 bits per heavy atom. The Balaban J connectivity index is 2.36. The van der Waals surface area contributed by atoms with Gasteiger partial charge in [0.05, 0.1) is 16.3 Å². The van der Waals surface area contributed by atoms with Gasteiger partial charge >= 0.3 is 0 Å². The van der Waals surface area contributed by atoms with Crippen molar-refractivity contribution in [3.8, 4) is 6.07 Å². The van der Waals surface area contributed by atoms with Crippen molar-refractivity contribution in [1.82, 2.24) is 0 Å². The van der Waals surface area contributed by atoms with E-state index in [1.807, 2.05) is 18.2 Å². The van der Waals surface area contributed by atoms with Crippen LogP contribution in [0.15, 0.2) is 54.2 Å². The molecule has 1 N–H and O–H groups in total. The van der Waals surface area contributed by atoms with Crippen LogP contribution in [0.4, 0.5) is 10.1 Å². The first-order chi connectivity index (χ1) is 9.61. The molecule has 0 aliphatic heterocycles. The van der Waals surface area contributed by atoms with E-state index in [9.17, 15) is 9.65 Å². The molecule has 2 rings (SSSR count). The third-order valence-corrected chi connectivity index (χ3v) is 3.15. The van der Waals surface area contributed by atoms with E-state index < -0.39 is 0 Å². The van der Waals surface area contributed by atoms with Gasteiger partial charge in [-0.05, 0) is 36.8 Å². The third-order valence-electron chi connectivity index (χ3n) is 2.82. The highest BCUT2D eigenvalue weighted by atomic mass is 35.5. The number of benzene rings is 2. The van der Waals surface area contributed by atoms with Crippen molar-refractivity contribution < 1.29 is 4.39 Å². The van der Waals surface area contributed by atoms with Crippen LogP contribution in [0.5, 0.6) is 0 Å². The summed E-state index contributed by atoms with van der Waals surface area (Å²) in [6.45, 7) is 1.78. The highest BCUT2D eigenvalue weighted by Crippen LogP contribution is 2.25. The molecule has 0 amide bonds. The molecule has 2 aromatic carbocycles. The summed E-state index contributed by atoms with van der Waals surface area (Å²) in [6.07, 6.45) is 0. The first-order valence-corrected chi connectivity index (χ1v) is 6.38. The maximum absolute atomic E-state index is 12.9. The van der Waals surface area contributed by atoms with Crippen LogP contribution in [0.1, 0.15) is 12.5 Å². The molecule has 0 spiro atoms. The lowest BCUT2D eigenvalue weighted by molar-refractivity contribution is 0.627. The summed E-state index contributed by atoms with van der Waals surface area (Å²) < 4.78 is 12.9. The summed E-state index contributed by atoms with van der Waals surface area (Å²) in [5.41, 5.74) is 2.49. The molecule has 0 atom stereocenters. The molecule has 0 saturated carbocycles. The minimum Gasteiger partial charge on any atom is -0.357 e. The molecule has 0 saturated heterocycles. The quantitative estimate of drug-likeness (QED) is 0.819. The fraction of sp³-hybridized carbons (Fsp3) is 0.0625. The van der Waals surface area contributed by atoms with Crippen LogP contribution in [0.25, 0.3) is 5.57 Å². The molecule has 0 heterocycles. The number of hydrogen-bond donors (Lipinski definition) is 1. The molecule has 0 aromatic heterocycles. The fourth-order valence-electron chi connectivity index (χ4n) is 1.81. The first kappa shape index (κ1) is 14.1. The zero-order valence-corrected chi connectivity index (χ0v) is 11.6. The van der Waals surface area contributed by atoms with Crippen LogP contribution in [0.2, 0.25) is 5.02 Å². The number of anilines is 1. The van der Waals surface area contributed by atoms with E-state index in [-0.39, 0.29) is 5.82 Å². The number of nitriles is 1. The molecular weight excluding hydrogens is 275 g/mol. The summed E-state index contributed by atoms with van der Waals surface area (Å²) in [5, 5.41) is 13.0. The van der Waals surface area contributed by atoms with Crippen molar-refractivity contribution in [3.63, 3.8) is 0 Å². The second-order valence-corrected chi connectivity index (χ2v) is 4.63. The number of rotatable bonds is 3. The van der Waals surface area contributed by atoms with E-state index in [2.05, 4.69) is 11.4 Å². The third kappa shape index (κ3) is 3.17. The molecular formula is C16H12ClFN2. The van der Waals surface area contributed by atoms with Crippen LogP contribution in [-0.2, 0) is 0 Å². The zero-order chi connectivity index (χ0) is 14.5. The molecule has 100 valence electrons. The fourth-order valence-corrected chi connectivity index (χ4v) is 1.99. The van der Waals surface area contributed by atoms with Gasteiger partial charge in [0.15, 0.2) is 0 Å². The molecule has 0 fully saturated rings. The van der Waals surface area contributed by atoms with E-state index in [1.54, 1.807) is 25.1 Å². The highest BCUT2D eigenvalue weighted by molar-refractivity contribution is 6.33. The number of allylic oxidation sites excluding steroid dienone is 2. The number of hydrogen-bond acceptors (Lipinski definition) is 2. The normalized spacial score (nSPS) is 11.5. The predicted octanol–water partition coefficient (Wildman–Crippen LogP) is 4.85. The maximum Gasteiger partial charge on any atom is 0.123 e. The van der Waals surface area contributed by atoms with Crippen molar-refractivity contribution >= 4 is 22.9 Å². The number of para-hydroxylation sites is 1. The van der Waals surface area contributed by atoms with E-state index >= 15 is 0 Å².